The van der Waals surface area contributed by atoms with Crippen molar-refractivity contribution in [1.82, 2.24) is 4.57 Å². The number of nitrogens with zero attached hydrogens (tertiary/aromatic N) is 2. The van der Waals surface area contributed by atoms with Gasteiger partial charge in [-0.15, -0.1) is 0 Å². The molecule has 3 aromatic carbocycles. The first kappa shape index (κ1) is 24.2. The number of hydrogen-bond donors (Lipinski definition) is 0. The van der Waals surface area contributed by atoms with E-state index in [0.29, 0.717) is 20.6 Å². The summed E-state index contributed by atoms with van der Waals surface area (Å²) >= 11 is 4.89. The van der Waals surface area contributed by atoms with Crippen LogP contribution in [0.5, 0.6) is 0 Å². The van der Waals surface area contributed by atoms with Crippen LogP contribution in [0.3, 0.4) is 0 Å². The van der Waals surface area contributed by atoms with E-state index in [9.17, 15) is 9.59 Å². The predicted molar refractivity (Wildman–Crippen MR) is 146 cm³/mol. The third kappa shape index (κ3) is 4.52. The van der Waals surface area contributed by atoms with Gasteiger partial charge in [-0.25, -0.2) is 9.79 Å². The fraction of sp³-hybridized carbons (Fsp3) is 0.138. The standard InChI is InChI=1S/C29H23BrN2O3S/c1-3-35-28(34)24-25(20-10-6-4-7-11-20)31-29-32(26(24)21-12-8-5-9-13-21)27(33)23(36-29)17-19-15-14-18(2)22(30)16-19/h4-17,26H,3H2,1-2H3/b23-17-/t26-/m1/s1. The first-order valence-electron chi connectivity index (χ1n) is 11.6. The first-order valence-corrected chi connectivity index (χ1v) is 13.2. The number of carbonyl (C=O) groups excluding carboxylic acids is 1. The van der Waals surface area contributed by atoms with Gasteiger partial charge in [-0.2, -0.15) is 0 Å². The van der Waals surface area contributed by atoms with Crippen LogP contribution in [0.25, 0.3) is 11.8 Å². The number of esters is 1. The second kappa shape index (κ2) is 10.2. The summed E-state index contributed by atoms with van der Waals surface area (Å²) in [6.07, 6.45) is 1.87. The summed E-state index contributed by atoms with van der Waals surface area (Å²) in [5, 5.41) is 0. The minimum Gasteiger partial charge on any atom is -0.463 e. The topological polar surface area (TPSA) is 60.7 Å². The third-order valence-electron chi connectivity index (χ3n) is 5.98. The van der Waals surface area contributed by atoms with Crippen LogP contribution in [0.2, 0.25) is 0 Å². The fourth-order valence-corrected chi connectivity index (χ4v) is 5.64. The highest BCUT2D eigenvalue weighted by Crippen LogP contribution is 2.35. The first-order chi connectivity index (χ1) is 17.5. The maximum absolute atomic E-state index is 13.8. The van der Waals surface area contributed by atoms with Crippen LogP contribution >= 0.6 is 27.3 Å². The summed E-state index contributed by atoms with van der Waals surface area (Å²) in [5.74, 6) is -0.481. The van der Waals surface area contributed by atoms with Crippen LogP contribution in [0.15, 0.2) is 98.7 Å². The fourth-order valence-electron chi connectivity index (χ4n) is 4.24. The summed E-state index contributed by atoms with van der Waals surface area (Å²) in [5.41, 5.74) is 4.31. The molecule has 180 valence electrons. The maximum Gasteiger partial charge on any atom is 0.338 e. The van der Waals surface area contributed by atoms with E-state index in [2.05, 4.69) is 15.9 Å². The maximum atomic E-state index is 13.8. The number of rotatable bonds is 5. The molecule has 2 heterocycles. The Labute approximate surface area is 220 Å². The Bertz CT molecular complexity index is 1650. The van der Waals surface area contributed by atoms with E-state index in [4.69, 9.17) is 9.73 Å². The molecule has 0 aliphatic carbocycles. The lowest BCUT2D eigenvalue weighted by atomic mass is 9.93. The van der Waals surface area contributed by atoms with Gasteiger partial charge in [0.15, 0.2) is 4.80 Å². The monoisotopic (exact) mass is 558 g/mol. The zero-order valence-corrected chi connectivity index (χ0v) is 22.2. The second-order valence-corrected chi connectivity index (χ2v) is 10.2. The molecule has 7 heteroatoms. The molecule has 0 N–H and O–H groups in total. The molecule has 1 aliphatic heterocycles. The predicted octanol–water partition coefficient (Wildman–Crippen LogP) is 5.01. The zero-order chi connectivity index (χ0) is 25.2. The van der Waals surface area contributed by atoms with Gasteiger partial charge in [0.05, 0.1) is 28.5 Å². The Hall–Kier alpha value is -3.55. The number of halogens is 1. The van der Waals surface area contributed by atoms with Gasteiger partial charge < -0.3 is 4.74 Å². The third-order valence-corrected chi connectivity index (χ3v) is 7.82. The summed E-state index contributed by atoms with van der Waals surface area (Å²) in [6.45, 7) is 4.01. The SMILES string of the molecule is CCOC(=O)C1=C(c2ccccc2)N=c2s/c(=C\c3ccc(C)c(Br)c3)c(=O)n2[C@@H]1c1ccccc1. The minimum absolute atomic E-state index is 0.196. The van der Waals surface area contributed by atoms with Gasteiger partial charge in [0.25, 0.3) is 5.56 Å². The van der Waals surface area contributed by atoms with Crippen LogP contribution in [-0.4, -0.2) is 17.1 Å². The quantitative estimate of drug-likeness (QED) is 0.323. The minimum atomic E-state index is -0.663. The molecule has 36 heavy (non-hydrogen) atoms. The second-order valence-electron chi connectivity index (χ2n) is 8.35. The van der Waals surface area contributed by atoms with E-state index in [1.807, 2.05) is 91.9 Å². The Kier molecular flexibility index (Phi) is 6.85. The van der Waals surface area contributed by atoms with E-state index in [1.165, 1.54) is 11.3 Å². The molecule has 0 saturated carbocycles. The van der Waals surface area contributed by atoms with E-state index in [1.54, 1.807) is 11.5 Å². The van der Waals surface area contributed by atoms with Gasteiger partial charge in [-0.3, -0.25) is 9.36 Å². The van der Waals surface area contributed by atoms with Gasteiger partial charge >= 0.3 is 5.97 Å². The molecule has 0 saturated heterocycles. The number of hydrogen-bond acceptors (Lipinski definition) is 5. The van der Waals surface area contributed by atoms with Crippen molar-refractivity contribution in [2.45, 2.75) is 19.9 Å². The number of ether oxygens (including phenoxy) is 1. The molecule has 0 bridgehead atoms. The smallest absolute Gasteiger partial charge is 0.338 e. The normalized spacial score (nSPS) is 15.4. The molecule has 0 fully saturated rings. The highest BCUT2D eigenvalue weighted by Gasteiger charge is 2.35. The summed E-state index contributed by atoms with van der Waals surface area (Å²) in [7, 11) is 0. The lowest BCUT2D eigenvalue weighted by Crippen LogP contribution is -2.39. The van der Waals surface area contributed by atoms with Crippen molar-refractivity contribution in [2.75, 3.05) is 6.61 Å². The van der Waals surface area contributed by atoms with Crippen LogP contribution in [0.4, 0.5) is 0 Å². The average Bonchev–Trinajstić information content (AvgIpc) is 3.21. The molecular weight excluding hydrogens is 536 g/mol. The highest BCUT2D eigenvalue weighted by atomic mass is 79.9. The lowest BCUT2D eigenvalue weighted by molar-refractivity contribution is -0.138. The van der Waals surface area contributed by atoms with Gasteiger partial charge in [0.1, 0.15) is 0 Å². The molecule has 5 rings (SSSR count). The average molecular weight is 559 g/mol. The Morgan fingerprint density at radius 3 is 2.44 bits per heavy atom. The molecule has 0 unspecified atom stereocenters. The van der Waals surface area contributed by atoms with Crippen LogP contribution < -0.4 is 14.9 Å². The number of benzene rings is 3. The van der Waals surface area contributed by atoms with Crippen molar-refractivity contribution >= 4 is 45.0 Å². The summed E-state index contributed by atoms with van der Waals surface area (Å²) in [6, 6.07) is 24.4. The Balaban J connectivity index is 1.82. The van der Waals surface area contributed by atoms with Crippen molar-refractivity contribution in [2.24, 2.45) is 4.99 Å². The lowest BCUT2D eigenvalue weighted by Gasteiger charge is -2.25. The summed E-state index contributed by atoms with van der Waals surface area (Å²) in [4.78, 5) is 32.6. The van der Waals surface area contributed by atoms with E-state index < -0.39 is 12.0 Å². The number of aromatic nitrogens is 1. The molecule has 1 aromatic heterocycles. The molecule has 1 aliphatic rings. The van der Waals surface area contributed by atoms with Crippen molar-refractivity contribution in [1.29, 1.82) is 0 Å². The Morgan fingerprint density at radius 2 is 1.78 bits per heavy atom. The molecule has 0 radical (unpaired) electrons. The van der Waals surface area contributed by atoms with Gasteiger partial charge in [0.2, 0.25) is 0 Å². The van der Waals surface area contributed by atoms with Crippen molar-refractivity contribution in [3.8, 4) is 0 Å². The number of aryl methyl sites for hydroxylation is 1. The van der Waals surface area contributed by atoms with Crippen LogP contribution in [0, 0.1) is 6.92 Å². The van der Waals surface area contributed by atoms with Crippen molar-refractivity contribution < 1.29 is 9.53 Å². The largest absolute Gasteiger partial charge is 0.463 e. The number of thiazole rings is 1. The number of carbonyl (C=O) groups is 1. The number of fused-ring (bicyclic) bond motifs is 1. The van der Waals surface area contributed by atoms with E-state index >= 15 is 0 Å². The van der Waals surface area contributed by atoms with E-state index in [0.717, 1.165) is 26.7 Å². The highest BCUT2D eigenvalue weighted by molar-refractivity contribution is 9.10. The van der Waals surface area contributed by atoms with Crippen molar-refractivity contribution in [3.05, 3.63) is 131 Å². The van der Waals surface area contributed by atoms with Gasteiger partial charge in [-0.1, -0.05) is 100 Å². The van der Waals surface area contributed by atoms with Crippen molar-refractivity contribution in [3.63, 3.8) is 0 Å². The molecular formula is C29H23BrN2O3S. The zero-order valence-electron chi connectivity index (χ0n) is 19.8. The van der Waals surface area contributed by atoms with Crippen LogP contribution in [0.1, 0.15) is 35.2 Å². The van der Waals surface area contributed by atoms with Crippen LogP contribution in [-0.2, 0) is 9.53 Å². The molecule has 1 atom stereocenters. The van der Waals surface area contributed by atoms with Gasteiger partial charge in [0, 0.05) is 10.0 Å². The molecule has 0 amide bonds. The van der Waals surface area contributed by atoms with Gasteiger partial charge in [-0.05, 0) is 42.7 Å². The Morgan fingerprint density at radius 1 is 1.08 bits per heavy atom. The molecule has 4 aromatic rings. The molecule has 0 spiro atoms. The summed E-state index contributed by atoms with van der Waals surface area (Å²) < 4.78 is 8.62. The molecule has 5 nitrogen and oxygen atoms in total. The van der Waals surface area contributed by atoms with E-state index in [-0.39, 0.29) is 12.2 Å².